The molecule has 1 aromatic rings. The van der Waals surface area contributed by atoms with Gasteiger partial charge in [0.1, 0.15) is 23.2 Å². The molecule has 112 valence electrons. The molecule has 8 heteroatoms. The van der Waals surface area contributed by atoms with Crippen LogP contribution in [0.15, 0.2) is 12.1 Å². The molecule has 0 saturated carbocycles. The number of aliphatic hydroxyl groups is 1. The van der Waals surface area contributed by atoms with Gasteiger partial charge in [0.05, 0.1) is 19.6 Å². The summed E-state index contributed by atoms with van der Waals surface area (Å²) in [6, 6.07) is 2.63. The van der Waals surface area contributed by atoms with E-state index < -0.39 is 22.3 Å². The average molecular weight is 303 g/mol. The topological polar surface area (TPSA) is 116 Å². The second-order valence-electron chi connectivity index (χ2n) is 3.51. The third kappa shape index (κ3) is 3.97. The summed E-state index contributed by atoms with van der Waals surface area (Å²) in [6.07, 6.45) is -1.37. The number of primary amides is 1. The van der Waals surface area contributed by atoms with E-state index in [9.17, 15) is 18.3 Å². The molecule has 1 amide bonds. The molecular weight excluding hydrogens is 286 g/mol. The first kappa shape index (κ1) is 17.9. The molecule has 1 aromatic carbocycles. The standard InChI is InChI=1S/C11H13NO6S.CH4/c1-17-8-3-6(7(13)5-19(15)16)4-9(18-2)10(8)11(12)14;/h3-5,7,13H,1-2H3,(H2,12,14);1H4. The number of amides is 1. The highest BCUT2D eigenvalue weighted by atomic mass is 32.2. The smallest absolute Gasteiger partial charge is 0.256 e. The van der Waals surface area contributed by atoms with Gasteiger partial charge in [-0.25, -0.2) is 0 Å². The van der Waals surface area contributed by atoms with E-state index in [1.165, 1.54) is 26.4 Å². The molecule has 3 N–H and O–H groups in total. The van der Waals surface area contributed by atoms with Crippen LogP contribution in [0.3, 0.4) is 0 Å². The zero-order valence-corrected chi connectivity index (χ0v) is 11.1. The molecular formula is C12H17NO6S. The van der Waals surface area contributed by atoms with Gasteiger partial charge >= 0.3 is 0 Å². The number of benzene rings is 1. The summed E-state index contributed by atoms with van der Waals surface area (Å²) < 4.78 is 31.0. The highest BCUT2D eigenvalue weighted by Gasteiger charge is 2.19. The fourth-order valence-corrected chi connectivity index (χ4v) is 1.90. The number of ether oxygens (including phenoxy) is 2. The number of hydrogen-bond acceptors (Lipinski definition) is 6. The molecule has 0 radical (unpaired) electrons. The first-order valence-electron chi connectivity index (χ1n) is 5.07. The van der Waals surface area contributed by atoms with Gasteiger partial charge in [-0.15, -0.1) is 0 Å². The Morgan fingerprint density at radius 3 is 2.05 bits per heavy atom. The second kappa shape index (κ2) is 7.51. The number of carbonyl (C=O) groups is 1. The molecule has 0 spiro atoms. The Hall–Kier alpha value is -2.06. The lowest BCUT2D eigenvalue weighted by atomic mass is 10.0. The van der Waals surface area contributed by atoms with E-state index in [0.29, 0.717) is 5.37 Å². The van der Waals surface area contributed by atoms with Crippen molar-refractivity contribution in [2.24, 2.45) is 5.73 Å². The van der Waals surface area contributed by atoms with Crippen molar-refractivity contribution in [2.45, 2.75) is 13.5 Å². The van der Waals surface area contributed by atoms with Crippen molar-refractivity contribution >= 4 is 21.6 Å². The molecule has 0 aliphatic carbocycles. The second-order valence-corrected chi connectivity index (χ2v) is 4.30. The van der Waals surface area contributed by atoms with Crippen LogP contribution in [0.2, 0.25) is 0 Å². The predicted molar refractivity (Wildman–Crippen MR) is 74.7 cm³/mol. The van der Waals surface area contributed by atoms with Crippen LogP contribution in [-0.2, 0) is 10.3 Å². The molecule has 0 saturated heterocycles. The van der Waals surface area contributed by atoms with Crippen LogP contribution in [0.25, 0.3) is 0 Å². The molecule has 1 unspecified atom stereocenters. The van der Waals surface area contributed by atoms with Gasteiger partial charge in [0, 0.05) is 0 Å². The lowest BCUT2D eigenvalue weighted by Crippen LogP contribution is -2.15. The van der Waals surface area contributed by atoms with Crippen molar-refractivity contribution in [1.82, 2.24) is 0 Å². The third-order valence-electron chi connectivity index (χ3n) is 2.36. The molecule has 1 atom stereocenters. The summed E-state index contributed by atoms with van der Waals surface area (Å²) >= 11 is 0. The molecule has 20 heavy (non-hydrogen) atoms. The van der Waals surface area contributed by atoms with Gasteiger partial charge in [-0.2, -0.15) is 8.42 Å². The molecule has 1 rings (SSSR count). The molecule has 0 bridgehead atoms. The minimum absolute atomic E-state index is 0. The van der Waals surface area contributed by atoms with Crippen molar-refractivity contribution in [2.75, 3.05) is 14.2 Å². The summed E-state index contributed by atoms with van der Waals surface area (Å²) in [6.45, 7) is 0. The number of carbonyl (C=O) groups excluding carboxylic acids is 1. The Morgan fingerprint density at radius 1 is 1.30 bits per heavy atom. The Balaban J connectivity index is 0.00000361. The van der Waals surface area contributed by atoms with Gasteiger partial charge in [0.15, 0.2) is 0 Å². The van der Waals surface area contributed by atoms with E-state index >= 15 is 0 Å². The molecule has 0 heterocycles. The molecule has 7 nitrogen and oxygen atoms in total. The summed E-state index contributed by atoms with van der Waals surface area (Å²) in [5, 5.41) is 10.4. The summed E-state index contributed by atoms with van der Waals surface area (Å²) in [5.74, 6) is -0.580. The molecule has 0 aliphatic rings. The first-order valence-corrected chi connectivity index (χ1v) is 6.21. The summed E-state index contributed by atoms with van der Waals surface area (Å²) in [5.41, 5.74) is 5.42. The zero-order valence-electron chi connectivity index (χ0n) is 10.3. The van der Waals surface area contributed by atoms with Crippen molar-refractivity contribution in [3.8, 4) is 11.5 Å². The van der Waals surface area contributed by atoms with Crippen LogP contribution in [0, 0.1) is 0 Å². The quantitative estimate of drug-likeness (QED) is 0.748. The fraction of sp³-hybridized carbons (Fsp3) is 0.333. The monoisotopic (exact) mass is 303 g/mol. The van der Waals surface area contributed by atoms with Crippen LogP contribution in [-0.4, -0.2) is 39.0 Å². The predicted octanol–water partition coefficient (Wildman–Crippen LogP) is 0.154. The number of rotatable bonds is 5. The highest BCUT2D eigenvalue weighted by molar-refractivity contribution is 7.71. The fourth-order valence-electron chi connectivity index (χ4n) is 1.53. The highest BCUT2D eigenvalue weighted by Crippen LogP contribution is 2.32. The van der Waals surface area contributed by atoms with E-state index in [4.69, 9.17) is 15.2 Å². The van der Waals surface area contributed by atoms with Crippen LogP contribution in [0.5, 0.6) is 11.5 Å². The summed E-state index contributed by atoms with van der Waals surface area (Å²) in [7, 11) is 0.0990. The number of aliphatic hydroxyl groups excluding tert-OH is 1. The SMILES string of the molecule is C.COc1cc(C(O)C=S(=O)=O)cc(OC)c1C(N)=O. The largest absolute Gasteiger partial charge is 0.496 e. The van der Waals surface area contributed by atoms with Gasteiger partial charge in [-0.3, -0.25) is 4.79 Å². The van der Waals surface area contributed by atoms with Crippen LogP contribution in [0.1, 0.15) is 29.5 Å². The molecule has 0 fully saturated rings. The normalized spacial score (nSPS) is 10.9. The summed E-state index contributed by atoms with van der Waals surface area (Å²) in [4.78, 5) is 11.3. The zero-order chi connectivity index (χ0) is 14.6. The Bertz CT molecular complexity index is 590. The van der Waals surface area contributed by atoms with Gasteiger partial charge in [0.2, 0.25) is 10.3 Å². The van der Waals surface area contributed by atoms with Gasteiger partial charge in [0.25, 0.3) is 5.91 Å². The first-order chi connectivity index (χ1) is 8.90. The van der Waals surface area contributed by atoms with Crippen molar-refractivity contribution in [3.05, 3.63) is 23.3 Å². The Labute approximate surface area is 118 Å². The lowest BCUT2D eigenvalue weighted by Gasteiger charge is -2.14. The van der Waals surface area contributed by atoms with Crippen LogP contribution < -0.4 is 15.2 Å². The Kier molecular flexibility index (Phi) is 6.74. The minimum Gasteiger partial charge on any atom is -0.496 e. The maximum Gasteiger partial charge on any atom is 0.256 e. The molecule has 0 aliphatic heterocycles. The van der Waals surface area contributed by atoms with E-state index in [1.54, 1.807) is 0 Å². The van der Waals surface area contributed by atoms with Crippen molar-refractivity contribution in [1.29, 1.82) is 0 Å². The van der Waals surface area contributed by atoms with Crippen molar-refractivity contribution < 1.29 is 27.8 Å². The molecule has 0 aromatic heterocycles. The van der Waals surface area contributed by atoms with Crippen LogP contribution >= 0.6 is 0 Å². The van der Waals surface area contributed by atoms with E-state index in [2.05, 4.69) is 0 Å². The van der Waals surface area contributed by atoms with Gasteiger partial charge < -0.3 is 20.3 Å². The maximum absolute atomic E-state index is 11.3. The minimum atomic E-state index is -2.53. The number of methoxy groups -OCH3 is 2. The van der Waals surface area contributed by atoms with E-state index in [-0.39, 0.29) is 30.1 Å². The average Bonchev–Trinajstić information content (AvgIpc) is 2.35. The van der Waals surface area contributed by atoms with E-state index in [1.807, 2.05) is 0 Å². The number of nitrogens with two attached hydrogens (primary N) is 1. The lowest BCUT2D eigenvalue weighted by molar-refractivity contribution is 0.0994. The van der Waals surface area contributed by atoms with Crippen LogP contribution in [0.4, 0.5) is 0 Å². The van der Waals surface area contributed by atoms with Gasteiger partial charge in [-0.05, 0) is 17.7 Å². The maximum atomic E-state index is 11.3. The van der Waals surface area contributed by atoms with Crippen molar-refractivity contribution in [3.63, 3.8) is 0 Å². The number of hydrogen-bond donors (Lipinski definition) is 2. The van der Waals surface area contributed by atoms with Gasteiger partial charge in [-0.1, -0.05) is 7.43 Å². The third-order valence-corrected chi connectivity index (χ3v) is 2.84. The Morgan fingerprint density at radius 2 is 1.75 bits per heavy atom. The van der Waals surface area contributed by atoms with E-state index in [0.717, 1.165) is 0 Å².